The summed E-state index contributed by atoms with van der Waals surface area (Å²) in [6.07, 6.45) is 2.26. The Morgan fingerprint density at radius 1 is 1.18 bits per heavy atom. The largest absolute Gasteiger partial charge is 0.352 e. The lowest BCUT2D eigenvalue weighted by Gasteiger charge is -2.48. The highest BCUT2D eigenvalue weighted by Gasteiger charge is 2.40. The normalized spacial score (nSPS) is 22.8. The van der Waals surface area contributed by atoms with Crippen LogP contribution in [0.4, 0.5) is 14.5 Å². The van der Waals surface area contributed by atoms with Crippen molar-refractivity contribution >= 4 is 40.8 Å². The van der Waals surface area contributed by atoms with Gasteiger partial charge in [0, 0.05) is 64.6 Å². The number of piperazine rings is 1. The van der Waals surface area contributed by atoms with Crippen LogP contribution in [0.3, 0.4) is 0 Å². The zero-order chi connectivity index (χ0) is 27.5. The standard InChI is InChI=1S/C29H31ClF2N4OS/c1-7-19-14-38-28-26(20-10-22(30)24(32)11-23(20)31)15(3)9-21-27(28)36(19)18(6)33-29(21)34-12-16(4)35(17(5)13-34)25(37)8-2/h8-11,16-17,19H,2,6-7,12-14H2,1,3-5H3/t16-,17+,19-/m0/s1. The molecule has 0 aliphatic carbocycles. The molecule has 3 aliphatic rings. The molecule has 9 heteroatoms. The van der Waals surface area contributed by atoms with Gasteiger partial charge < -0.3 is 14.7 Å². The molecule has 0 unspecified atom stereocenters. The van der Waals surface area contributed by atoms with Crippen molar-refractivity contribution in [1.82, 2.24) is 9.80 Å². The first-order valence-corrected chi connectivity index (χ1v) is 14.2. The van der Waals surface area contributed by atoms with Crippen LogP contribution in [0.15, 0.2) is 53.1 Å². The van der Waals surface area contributed by atoms with Crippen LogP contribution < -0.4 is 4.90 Å². The van der Waals surface area contributed by atoms with Crippen molar-refractivity contribution < 1.29 is 13.6 Å². The number of hydrogen-bond donors (Lipinski definition) is 0. The van der Waals surface area contributed by atoms with Crippen molar-refractivity contribution in [2.75, 3.05) is 23.7 Å². The van der Waals surface area contributed by atoms with E-state index in [1.807, 2.05) is 31.7 Å². The van der Waals surface area contributed by atoms with Gasteiger partial charge >= 0.3 is 0 Å². The topological polar surface area (TPSA) is 39.2 Å². The molecule has 1 saturated heterocycles. The van der Waals surface area contributed by atoms with E-state index in [0.29, 0.717) is 24.5 Å². The van der Waals surface area contributed by atoms with Crippen LogP contribution in [-0.4, -0.2) is 58.5 Å². The van der Waals surface area contributed by atoms with Gasteiger partial charge in [0.15, 0.2) is 0 Å². The highest BCUT2D eigenvalue weighted by atomic mass is 35.5. The smallest absolute Gasteiger partial charge is 0.246 e. The van der Waals surface area contributed by atoms with E-state index in [2.05, 4.69) is 29.9 Å². The van der Waals surface area contributed by atoms with Gasteiger partial charge in [0.25, 0.3) is 0 Å². The summed E-state index contributed by atoms with van der Waals surface area (Å²) < 4.78 is 29.2. The Morgan fingerprint density at radius 3 is 2.50 bits per heavy atom. The molecule has 3 heterocycles. The first-order valence-electron chi connectivity index (χ1n) is 12.8. The minimum Gasteiger partial charge on any atom is -0.352 e. The molecule has 5 rings (SSSR count). The van der Waals surface area contributed by atoms with E-state index in [9.17, 15) is 9.18 Å². The third kappa shape index (κ3) is 4.22. The molecule has 200 valence electrons. The summed E-state index contributed by atoms with van der Waals surface area (Å²) in [6.45, 7) is 17.3. The minimum absolute atomic E-state index is 0.0392. The monoisotopic (exact) mass is 556 g/mol. The molecule has 0 spiro atoms. The van der Waals surface area contributed by atoms with E-state index in [1.54, 1.807) is 11.8 Å². The average Bonchev–Trinajstić information content (AvgIpc) is 2.87. The number of nitrogens with zero attached hydrogens (tertiary/aromatic N) is 4. The summed E-state index contributed by atoms with van der Waals surface area (Å²) in [5.74, 6) is 0.721. The number of anilines is 1. The number of amides is 1. The van der Waals surface area contributed by atoms with E-state index in [4.69, 9.17) is 16.6 Å². The molecule has 0 radical (unpaired) electrons. The number of benzene rings is 2. The SMILES string of the molecule is C=CC(=O)N1[C@H](C)CN(C2=NC(=C)N3c4c2cc(C)c(-c2cc(Cl)c(F)cc2F)c4SC[C@@H]3CC)C[C@@H]1C. The van der Waals surface area contributed by atoms with Gasteiger partial charge in [-0.05, 0) is 51.0 Å². The van der Waals surface area contributed by atoms with Gasteiger partial charge in [-0.25, -0.2) is 13.8 Å². The third-order valence-electron chi connectivity index (χ3n) is 7.63. The first-order chi connectivity index (χ1) is 18.1. The number of carbonyl (C=O) groups excluding carboxylic acids is 1. The number of aliphatic imine (C=N–C) groups is 1. The third-order valence-corrected chi connectivity index (χ3v) is 9.16. The molecule has 3 aliphatic heterocycles. The van der Waals surface area contributed by atoms with Gasteiger partial charge in [0.05, 0.1) is 10.7 Å². The summed E-state index contributed by atoms with van der Waals surface area (Å²) in [6, 6.07) is 4.37. The molecule has 0 N–H and O–H groups in total. The minimum atomic E-state index is -0.780. The number of hydrogen-bond acceptors (Lipinski definition) is 5. The highest BCUT2D eigenvalue weighted by Crippen LogP contribution is 2.51. The molecular weight excluding hydrogens is 526 g/mol. The lowest BCUT2D eigenvalue weighted by molar-refractivity contribution is -0.132. The fraction of sp³-hybridized carbons (Fsp3) is 0.379. The number of carbonyl (C=O) groups is 1. The van der Waals surface area contributed by atoms with E-state index < -0.39 is 11.6 Å². The number of halogens is 3. The van der Waals surface area contributed by atoms with E-state index in [1.165, 1.54) is 12.1 Å². The molecule has 0 aromatic heterocycles. The maximum atomic E-state index is 15.2. The Balaban J connectivity index is 1.67. The fourth-order valence-corrected chi connectivity index (χ4v) is 7.63. The van der Waals surface area contributed by atoms with Crippen LogP contribution >= 0.6 is 23.4 Å². The van der Waals surface area contributed by atoms with Crippen molar-refractivity contribution in [2.45, 2.75) is 57.1 Å². The Morgan fingerprint density at radius 2 is 1.87 bits per heavy atom. The van der Waals surface area contributed by atoms with E-state index in [-0.39, 0.29) is 34.6 Å². The van der Waals surface area contributed by atoms with Crippen LogP contribution in [0.2, 0.25) is 5.02 Å². The van der Waals surface area contributed by atoms with Gasteiger partial charge in [-0.1, -0.05) is 31.7 Å². The van der Waals surface area contributed by atoms with Crippen LogP contribution in [-0.2, 0) is 4.79 Å². The van der Waals surface area contributed by atoms with Gasteiger partial charge in [-0.2, -0.15) is 0 Å². The molecular formula is C29H31ClF2N4OS. The number of amidine groups is 1. The van der Waals surface area contributed by atoms with Crippen molar-refractivity contribution in [2.24, 2.45) is 4.99 Å². The van der Waals surface area contributed by atoms with Crippen molar-refractivity contribution in [3.63, 3.8) is 0 Å². The van der Waals surface area contributed by atoms with Gasteiger partial charge in [-0.15, -0.1) is 11.8 Å². The molecule has 0 bridgehead atoms. The second-order valence-corrected chi connectivity index (χ2v) is 11.6. The molecule has 1 amide bonds. The lowest BCUT2D eigenvalue weighted by Crippen LogP contribution is -2.60. The molecule has 0 saturated carbocycles. The zero-order valence-electron chi connectivity index (χ0n) is 22.0. The number of aryl methyl sites for hydroxylation is 1. The van der Waals surface area contributed by atoms with Gasteiger partial charge in [-0.3, -0.25) is 4.79 Å². The second kappa shape index (κ2) is 10.0. The molecule has 5 nitrogen and oxygen atoms in total. The second-order valence-electron chi connectivity index (χ2n) is 10.2. The molecule has 1 fully saturated rings. The molecule has 2 aromatic carbocycles. The van der Waals surface area contributed by atoms with Crippen LogP contribution in [0.1, 0.15) is 38.3 Å². The van der Waals surface area contributed by atoms with Crippen molar-refractivity contribution in [3.8, 4) is 11.1 Å². The van der Waals surface area contributed by atoms with Crippen molar-refractivity contribution in [3.05, 3.63) is 71.0 Å². The molecule has 2 aromatic rings. The zero-order valence-corrected chi connectivity index (χ0v) is 23.6. The average molecular weight is 557 g/mol. The maximum Gasteiger partial charge on any atom is 0.246 e. The number of rotatable bonds is 3. The Bertz CT molecular complexity index is 1380. The highest BCUT2D eigenvalue weighted by molar-refractivity contribution is 7.99. The van der Waals surface area contributed by atoms with Crippen LogP contribution in [0, 0.1) is 18.6 Å². The summed E-state index contributed by atoms with van der Waals surface area (Å²) in [5, 5.41) is -0.114. The van der Waals surface area contributed by atoms with Crippen molar-refractivity contribution in [1.29, 1.82) is 0 Å². The summed E-state index contributed by atoms with van der Waals surface area (Å²) in [7, 11) is 0. The van der Waals surface area contributed by atoms with E-state index in [0.717, 1.165) is 45.8 Å². The van der Waals surface area contributed by atoms with Crippen LogP contribution in [0.25, 0.3) is 11.1 Å². The number of thioether (sulfide) groups is 1. The maximum absolute atomic E-state index is 15.2. The Hall–Kier alpha value is -2.84. The molecule has 38 heavy (non-hydrogen) atoms. The predicted molar refractivity (Wildman–Crippen MR) is 152 cm³/mol. The van der Waals surface area contributed by atoms with Gasteiger partial charge in [0.2, 0.25) is 5.91 Å². The lowest BCUT2D eigenvalue weighted by atomic mass is 9.93. The Kier molecular flexibility index (Phi) is 7.07. The fourth-order valence-electron chi connectivity index (χ4n) is 5.97. The first kappa shape index (κ1) is 26.8. The summed E-state index contributed by atoms with van der Waals surface area (Å²) in [4.78, 5) is 24.7. The summed E-state index contributed by atoms with van der Waals surface area (Å²) in [5.41, 5.74) is 3.75. The summed E-state index contributed by atoms with van der Waals surface area (Å²) >= 11 is 7.78. The van der Waals surface area contributed by atoms with Gasteiger partial charge in [0.1, 0.15) is 23.3 Å². The van der Waals surface area contributed by atoms with E-state index >= 15 is 4.39 Å². The van der Waals surface area contributed by atoms with Crippen LogP contribution in [0.5, 0.6) is 0 Å². The quantitative estimate of drug-likeness (QED) is 0.314. The Labute approximate surface area is 231 Å². The predicted octanol–water partition coefficient (Wildman–Crippen LogP) is 6.62. The molecule has 3 atom stereocenters.